The first kappa shape index (κ1) is 16.5. The van der Waals surface area contributed by atoms with E-state index in [1.807, 2.05) is 6.07 Å². The minimum Gasteiger partial charge on any atom is -0.338 e. The highest BCUT2D eigenvalue weighted by atomic mass is 28.3. The predicted octanol–water partition coefficient (Wildman–Crippen LogP) is 4.56. The lowest BCUT2D eigenvalue weighted by Crippen LogP contribution is -2.50. The first-order chi connectivity index (χ1) is 11.7. The molecule has 0 bridgehead atoms. The summed E-state index contributed by atoms with van der Waals surface area (Å²) in [6, 6.07) is 13.9. The molecule has 0 aliphatic rings. The van der Waals surface area contributed by atoms with Crippen LogP contribution in [0, 0.1) is 0 Å². The lowest BCUT2D eigenvalue weighted by molar-refractivity contribution is 1.04. The van der Waals surface area contributed by atoms with Crippen LogP contribution in [-0.2, 0) is 0 Å². The number of rotatable bonds is 6. The average Bonchev–Trinajstić information content (AvgIpc) is 2.66. The number of nitrogens with zero attached hydrogens (tertiary/aromatic N) is 5. The maximum Gasteiger partial charge on any atom is 0.223 e. The van der Waals surface area contributed by atoms with Crippen molar-refractivity contribution in [1.82, 2.24) is 19.9 Å². The lowest BCUT2D eigenvalue weighted by atomic mass is 10.3. The van der Waals surface area contributed by atoms with Crippen molar-refractivity contribution in [3.05, 3.63) is 48.9 Å². The van der Waals surface area contributed by atoms with Crippen molar-refractivity contribution in [3.63, 3.8) is 0 Å². The first-order valence-electron chi connectivity index (χ1n) is 8.53. The van der Waals surface area contributed by atoms with Gasteiger partial charge in [0, 0.05) is 18.1 Å². The van der Waals surface area contributed by atoms with Gasteiger partial charge >= 0.3 is 0 Å². The molecule has 3 rings (SSSR count). The summed E-state index contributed by atoms with van der Waals surface area (Å²) in [4.78, 5) is 18.0. The quantitative estimate of drug-likeness (QED) is 0.617. The van der Waals surface area contributed by atoms with E-state index in [1.54, 1.807) is 18.6 Å². The van der Waals surface area contributed by atoms with Crippen LogP contribution in [0.1, 0.15) is 20.8 Å². The molecule has 2 heterocycles. The van der Waals surface area contributed by atoms with E-state index in [1.165, 1.54) is 0 Å². The SMILES string of the molecule is CC[Si](CC)(CC)N(c1ccccc1)c1ncc2nccnc2n1. The number of hydrogen-bond donors (Lipinski definition) is 0. The Kier molecular flexibility index (Phi) is 4.85. The van der Waals surface area contributed by atoms with Crippen LogP contribution in [0.3, 0.4) is 0 Å². The normalized spacial score (nSPS) is 11.6. The van der Waals surface area contributed by atoms with Gasteiger partial charge in [-0.15, -0.1) is 0 Å². The summed E-state index contributed by atoms with van der Waals surface area (Å²) in [5.74, 6) is 0.742. The maximum atomic E-state index is 4.74. The fourth-order valence-corrected chi connectivity index (χ4v) is 6.95. The molecule has 0 fully saturated rings. The van der Waals surface area contributed by atoms with E-state index in [0.29, 0.717) is 5.65 Å². The fourth-order valence-electron chi connectivity index (χ4n) is 3.27. The number of hydrogen-bond acceptors (Lipinski definition) is 5. The zero-order chi connectivity index (χ0) is 17.0. The average molecular weight is 338 g/mol. The summed E-state index contributed by atoms with van der Waals surface area (Å²) in [5.41, 5.74) is 2.54. The second kappa shape index (κ2) is 7.05. The molecule has 5 nitrogen and oxygen atoms in total. The Bertz CT molecular complexity index is 796. The van der Waals surface area contributed by atoms with Crippen molar-refractivity contribution in [2.45, 2.75) is 38.9 Å². The standard InChI is InChI=1S/C18H23N5Si/c1-4-24(5-2,6-3)23(15-10-8-7-9-11-15)18-21-14-16-17(22-18)20-13-12-19-16/h7-14H,4-6H2,1-3H3. The summed E-state index contributed by atoms with van der Waals surface area (Å²) >= 11 is 0. The zero-order valence-electron chi connectivity index (χ0n) is 14.5. The van der Waals surface area contributed by atoms with Crippen molar-refractivity contribution in [1.29, 1.82) is 0 Å². The molecular formula is C18H23N5Si. The molecular weight excluding hydrogens is 314 g/mol. The minimum atomic E-state index is -1.76. The Balaban J connectivity index is 2.19. The van der Waals surface area contributed by atoms with Gasteiger partial charge in [0.1, 0.15) is 5.52 Å². The molecule has 0 radical (unpaired) electrons. The smallest absolute Gasteiger partial charge is 0.223 e. The Labute approximate surface area is 143 Å². The largest absolute Gasteiger partial charge is 0.338 e. The minimum absolute atomic E-state index is 0.648. The van der Waals surface area contributed by atoms with E-state index in [9.17, 15) is 0 Å². The van der Waals surface area contributed by atoms with Gasteiger partial charge < -0.3 is 4.57 Å². The zero-order valence-corrected chi connectivity index (χ0v) is 15.5. The van der Waals surface area contributed by atoms with Crippen LogP contribution in [0.5, 0.6) is 0 Å². The van der Waals surface area contributed by atoms with Crippen molar-refractivity contribution in [2.24, 2.45) is 0 Å². The molecule has 0 saturated carbocycles. The molecule has 0 aliphatic carbocycles. The van der Waals surface area contributed by atoms with Gasteiger partial charge in [0.2, 0.25) is 5.95 Å². The second-order valence-electron chi connectivity index (χ2n) is 5.89. The molecule has 3 aromatic rings. The van der Waals surface area contributed by atoms with E-state index in [2.05, 4.69) is 64.6 Å². The van der Waals surface area contributed by atoms with Gasteiger partial charge in [0.05, 0.1) is 6.20 Å². The molecule has 6 heteroatoms. The van der Waals surface area contributed by atoms with Crippen LogP contribution < -0.4 is 4.57 Å². The van der Waals surface area contributed by atoms with Crippen LogP contribution in [-0.4, -0.2) is 28.2 Å². The Morgan fingerprint density at radius 2 is 1.54 bits per heavy atom. The van der Waals surface area contributed by atoms with Crippen molar-refractivity contribution in [2.75, 3.05) is 4.57 Å². The van der Waals surface area contributed by atoms with Gasteiger partial charge in [-0.25, -0.2) is 15.0 Å². The topological polar surface area (TPSA) is 54.8 Å². The van der Waals surface area contributed by atoms with E-state index in [0.717, 1.165) is 35.3 Å². The van der Waals surface area contributed by atoms with Crippen LogP contribution in [0.4, 0.5) is 11.6 Å². The van der Waals surface area contributed by atoms with Gasteiger partial charge in [-0.1, -0.05) is 39.0 Å². The van der Waals surface area contributed by atoms with E-state index in [-0.39, 0.29) is 0 Å². The molecule has 0 amide bonds. The molecule has 0 aliphatic heterocycles. The summed E-state index contributed by atoms with van der Waals surface area (Å²) < 4.78 is 2.40. The highest BCUT2D eigenvalue weighted by molar-refractivity contribution is 6.84. The Morgan fingerprint density at radius 1 is 0.875 bits per heavy atom. The maximum absolute atomic E-state index is 4.74. The van der Waals surface area contributed by atoms with Crippen LogP contribution in [0.2, 0.25) is 18.1 Å². The third-order valence-corrected chi connectivity index (χ3v) is 10.2. The number of fused-ring (bicyclic) bond motifs is 1. The van der Waals surface area contributed by atoms with Crippen LogP contribution in [0.25, 0.3) is 11.2 Å². The van der Waals surface area contributed by atoms with Crippen molar-refractivity contribution in [3.8, 4) is 0 Å². The highest BCUT2D eigenvalue weighted by Crippen LogP contribution is 2.35. The van der Waals surface area contributed by atoms with Gasteiger partial charge in [0.15, 0.2) is 13.9 Å². The van der Waals surface area contributed by atoms with Crippen molar-refractivity contribution >= 4 is 31.0 Å². The van der Waals surface area contributed by atoms with E-state index >= 15 is 0 Å². The predicted molar refractivity (Wildman–Crippen MR) is 101 cm³/mol. The number of para-hydroxylation sites is 1. The van der Waals surface area contributed by atoms with Gasteiger partial charge in [-0.2, -0.15) is 4.98 Å². The molecule has 0 unspecified atom stereocenters. The summed E-state index contributed by atoms with van der Waals surface area (Å²) in [5, 5.41) is 0. The first-order valence-corrected chi connectivity index (χ1v) is 11.1. The van der Waals surface area contributed by atoms with E-state index in [4.69, 9.17) is 4.98 Å². The number of anilines is 2. The van der Waals surface area contributed by atoms with E-state index < -0.39 is 8.24 Å². The van der Waals surface area contributed by atoms with Gasteiger partial charge in [0.25, 0.3) is 0 Å². The third-order valence-electron chi connectivity index (χ3n) is 4.88. The molecule has 124 valence electrons. The second-order valence-corrected chi connectivity index (χ2v) is 10.9. The van der Waals surface area contributed by atoms with Crippen LogP contribution in [0.15, 0.2) is 48.9 Å². The molecule has 0 N–H and O–H groups in total. The summed E-state index contributed by atoms with van der Waals surface area (Å²) in [6.45, 7) is 6.86. The summed E-state index contributed by atoms with van der Waals surface area (Å²) in [6.07, 6.45) is 5.13. The highest BCUT2D eigenvalue weighted by Gasteiger charge is 2.37. The number of benzene rings is 1. The monoisotopic (exact) mass is 337 g/mol. The number of aromatic nitrogens is 4. The molecule has 2 aromatic heterocycles. The van der Waals surface area contributed by atoms with Gasteiger partial charge in [-0.05, 0) is 30.3 Å². The lowest BCUT2D eigenvalue weighted by Gasteiger charge is -2.41. The van der Waals surface area contributed by atoms with Crippen molar-refractivity contribution < 1.29 is 0 Å². The Morgan fingerprint density at radius 3 is 2.21 bits per heavy atom. The molecule has 1 aromatic carbocycles. The third kappa shape index (κ3) is 2.89. The van der Waals surface area contributed by atoms with Gasteiger partial charge in [-0.3, -0.25) is 0 Å². The molecule has 0 saturated heterocycles. The molecule has 0 atom stereocenters. The van der Waals surface area contributed by atoms with Crippen LogP contribution >= 0.6 is 0 Å². The fraction of sp³-hybridized carbons (Fsp3) is 0.333. The molecule has 0 spiro atoms. The Hall–Kier alpha value is -2.34. The summed E-state index contributed by atoms with van der Waals surface area (Å²) in [7, 11) is -1.76. The molecule has 24 heavy (non-hydrogen) atoms.